The van der Waals surface area contributed by atoms with Crippen molar-refractivity contribution in [2.75, 3.05) is 7.11 Å². The van der Waals surface area contributed by atoms with Gasteiger partial charge in [0.05, 0.1) is 18.8 Å². The molecule has 3 rings (SSSR count). The average Bonchev–Trinajstić information content (AvgIpc) is 2.95. The minimum absolute atomic E-state index is 0.123. The van der Waals surface area contributed by atoms with E-state index < -0.39 is 5.60 Å². The van der Waals surface area contributed by atoms with Gasteiger partial charge in [-0.25, -0.2) is 4.79 Å². The van der Waals surface area contributed by atoms with Gasteiger partial charge in [0, 0.05) is 0 Å². The third kappa shape index (κ3) is 5.02. The van der Waals surface area contributed by atoms with E-state index in [4.69, 9.17) is 18.8 Å². The summed E-state index contributed by atoms with van der Waals surface area (Å²) < 4.78 is 24.0. The summed E-state index contributed by atoms with van der Waals surface area (Å²) in [6, 6.07) is 5.63. The first kappa shape index (κ1) is 23.1. The van der Waals surface area contributed by atoms with Crippen LogP contribution in [-0.4, -0.2) is 37.5 Å². The molecule has 1 saturated heterocycles. The Morgan fingerprint density at radius 2 is 2.00 bits per heavy atom. The lowest BCUT2D eigenvalue weighted by Gasteiger charge is -2.43. The molecule has 166 valence electrons. The number of hydrogen-bond donors (Lipinski definition) is 0. The number of carbonyl (C=O) groups excluding carboxylic acids is 1. The molecule has 2 fully saturated rings. The highest BCUT2D eigenvalue weighted by Crippen LogP contribution is 2.49. The molecule has 1 heterocycles. The molecule has 1 aromatic carbocycles. The number of methoxy groups -OCH3 is 1. The Morgan fingerprint density at radius 3 is 2.63 bits per heavy atom. The maximum Gasteiger partial charge on any atom is 0.461 e. The molecule has 0 bridgehead atoms. The van der Waals surface area contributed by atoms with Crippen LogP contribution in [0.2, 0.25) is 5.82 Å². The summed E-state index contributed by atoms with van der Waals surface area (Å²) in [4.78, 5) is 12.7. The van der Waals surface area contributed by atoms with Crippen molar-refractivity contribution in [3.8, 4) is 5.75 Å². The number of carbonyl (C=O) groups is 1. The Balaban J connectivity index is 1.75. The second-order valence-electron chi connectivity index (χ2n) is 11.0. The monoisotopic (exact) mass is 416 g/mol. The molecule has 2 aliphatic rings. The minimum Gasteiger partial charge on any atom is -0.496 e. The second kappa shape index (κ2) is 8.20. The molecule has 1 aliphatic carbocycles. The molecule has 0 N–H and O–H groups in total. The third-order valence-electron chi connectivity index (χ3n) is 6.20. The molecule has 1 unspecified atom stereocenters. The number of para-hydroxylation sites is 1. The molecule has 6 heteroatoms. The Kier molecular flexibility index (Phi) is 6.32. The molecular formula is C24H37BO5. The van der Waals surface area contributed by atoms with Crippen LogP contribution >= 0.6 is 0 Å². The maximum absolute atomic E-state index is 12.7. The summed E-state index contributed by atoms with van der Waals surface area (Å²) in [6.45, 7) is 14.5. The van der Waals surface area contributed by atoms with Crippen LogP contribution in [0.3, 0.4) is 0 Å². The van der Waals surface area contributed by atoms with Crippen molar-refractivity contribution in [3.05, 3.63) is 29.3 Å². The Bertz CT molecular complexity index is 784. The van der Waals surface area contributed by atoms with Crippen LogP contribution in [0.4, 0.5) is 0 Å². The number of benzene rings is 1. The lowest BCUT2D eigenvalue weighted by molar-refractivity contribution is -0.0298. The van der Waals surface area contributed by atoms with Gasteiger partial charge in [-0.2, -0.15) is 0 Å². The largest absolute Gasteiger partial charge is 0.496 e. The van der Waals surface area contributed by atoms with Gasteiger partial charge in [0.1, 0.15) is 16.9 Å². The molecule has 0 aromatic heterocycles. The first-order valence-electron chi connectivity index (χ1n) is 11.1. The van der Waals surface area contributed by atoms with E-state index in [1.807, 2.05) is 32.9 Å². The molecule has 3 atom stereocenters. The molecule has 1 aromatic rings. The van der Waals surface area contributed by atoms with Crippen molar-refractivity contribution in [1.29, 1.82) is 0 Å². The number of rotatable bonds is 5. The molecule has 5 nitrogen and oxygen atoms in total. The van der Waals surface area contributed by atoms with Crippen molar-refractivity contribution in [2.24, 2.45) is 5.41 Å². The zero-order valence-electron chi connectivity index (χ0n) is 19.8. The van der Waals surface area contributed by atoms with E-state index in [-0.39, 0.29) is 36.0 Å². The van der Waals surface area contributed by atoms with Gasteiger partial charge in [0.2, 0.25) is 0 Å². The number of ether oxygens (including phenoxy) is 2. The van der Waals surface area contributed by atoms with Gasteiger partial charge in [0.15, 0.2) is 0 Å². The van der Waals surface area contributed by atoms with Crippen LogP contribution in [0.25, 0.3) is 0 Å². The van der Waals surface area contributed by atoms with Crippen molar-refractivity contribution >= 4 is 13.1 Å². The van der Waals surface area contributed by atoms with E-state index >= 15 is 0 Å². The van der Waals surface area contributed by atoms with Crippen LogP contribution in [-0.2, 0) is 20.5 Å². The predicted molar refractivity (Wildman–Crippen MR) is 119 cm³/mol. The Labute approximate surface area is 181 Å². The third-order valence-corrected chi connectivity index (χ3v) is 6.20. The molecule has 1 aliphatic heterocycles. The summed E-state index contributed by atoms with van der Waals surface area (Å²) in [5.41, 5.74) is 0.894. The summed E-state index contributed by atoms with van der Waals surface area (Å²) in [7, 11) is 1.33. The molecule has 0 radical (unpaired) electrons. The summed E-state index contributed by atoms with van der Waals surface area (Å²) in [6.07, 6.45) is 4.03. The van der Waals surface area contributed by atoms with Crippen molar-refractivity contribution in [3.63, 3.8) is 0 Å². The van der Waals surface area contributed by atoms with Gasteiger partial charge in [0.25, 0.3) is 0 Å². The lowest BCUT2D eigenvalue weighted by atomic mass is 9.68. The van der Waals surface area contributed by atoms with Gasteiger partial charge in [-0.15, -0.1) is 0 Å². The van der Waals surface area contributed by atoms with Crippen molar-refractivity contribution in [1.82, 2.24) is 0 Å². The normalized spacial score (nSPS) is 26.8. The van der Waals surface area contributed by atoms with Crippen molar-refractivity contribution < 1.29 is 23.6 Å². The lowest BCUT2D eigenvalue weighted by Crippen LogP contribution is -2.45. The van der Waals surface area contributed by atoms with E-state index in [9.17, 15) is 4.79 Å². The zero-order chi connectivity index (χ0) is 22.3. The Hall–Kier alpha value is -1.53. The summed E-state index contributed by atoms with van der Waals surface area (Å²) in [5, 5.41) is 0. The fourth-order valence-corrected chi connectivity index (χ4v) is 4.94. The van der Waals surface area contributed by atoms with E-state index in [0.29, 0.717) is 17.7 Å². The highest BCUT2D eigenvalue weighted by atomic mass is 16.7. The predicted octanol–water partition coefficient (Wildman–Crippen LogP) is 5.46. The average molecular weight is 416 g/mol. The van der Waals surface area contributed by atoms with E-state index in [1.165, 1.54) is 0 Å². The van der Waals surface area contributed by atoms with Crippen LogP contribution in [0.1, 0.15) is 83.7 Å². The van der Waals surface area contributed by atoms with Crippen LogP contribution in [0.15, 0.2) is 18.2 Å². The first-order chi connectivity index (χ1) is 13.8. The summed E-state index contributed by atoms with van der Waals surface area (Å²) in [5.74, 6) is 0.322. The van der Waals surface area contributed by atoms with Gasteiger partial charge in [-0.3, -0.25) is 0 Å². The Morgan fingerprint density at radius 1 is 1.30 bits per heavy atom. The molecule has 30 heavy (non-hydrogen) atoms. The minimum atomic E-state index is -0.559. The van der Waals surface area contributed by atoms with E-state index in [2.05, 4.69) is 27.7 Å². The number of fused-ring (bicyclic) bond motifs is 1. The highest BCUT2D eigenvalue weighted by Gasteiger charge is 2.54. The van der Waals surface area contributed by atoms with Gasteiger partial charge in [-0.1, -0.05) is 32.9 Å². The second-order valence-corrected chi connectivity index (χ2v) is 11.0. The van der Waals surface area contributed by atoms with Crippen LogP contribution in [0.5, 0.6) is 5.75 Å². The molecular weight excluding hydrogens is 379 g/mol. The van der Waals surface area contributed by atoms with E-state index in [0.717, 1.165) is 24.8 Å². The quantitative estimate of drug-likeness (QED) is 0.472. The zero-order valence-corrected chi connectivity index (χ0v) is 19.8. The number of esters is 1. The van der Waals surface area contributed by atoms with Crippen molar-refractivity contribution in [2.45, 2.75) is 97.3 Å². The standard InChI is InChI=1S/C24H37BO5/c1-16(25-29-19-12-13-23(5,6)15-24(19,7)30-25)14-17-10-9-11-18(20(17)27-8)21(26)28-22(2,3)4/h9-11,16,19H,12-15H2,1-8H3/t16?,19-,24+/m1/s1. The van der Waals surface area contributed by atoms with Crippen LogP contribution in [0, 0.1) is 5.41 Å². The maximum atomic E-state index is 12.7. The smallest absolute Gasteiger partial charge is 0.461 e. The fraction of sp³-hybridized carbons (Fsp3) is 0.708. The topological polar surface area (TPSA) is 54.0 Å². The van der Waals surface area contributed by atoms with Gasteiger partial charge < -0.3 is 18.8 Å². The van der Waals surface area contributed by atoms with E-state index in [1.54, 1.807) is 13.2 Å². The first-order valence-corrected chi connectivity index (χ1v) is 11.1. The van der Waals surface area contributed by atoms with Gasteiger partial charge >= 0.3 is 13.1 Å². The highest BCUT2D eigenvalue weighted by molar-refractivity contribution is 6.47. The summed E-state index contributed by atoms with van der Waals surface area (Å²) >= 11 is 0. The van der Waals surface area contributed by atoms with Gasteiger partial charge in [-0.05, 0) is 76.2 Å². The fourth-order valence-electron chi connectivity index (χ4n) is 4.94. The SMILES string of the molecule is COc1c(CC(C)B2O[C@@H]3CCC(C)(C)C[C@]3(C)O2)cccc1C(=O)OC(C)(C)C. The molecule has 1 saturated carbocycles. The molecule has 0 spiro atoms. The number of hydrogen-bond acceptors (Lipinski definition) is 5. The molecule has 0 amide bonds. The van der Waals surface area contributed by atoms with Crippen LogP contribution < -0.4 is 4.74 Å².